The summed E-state index contributed by atoms with van der Waals surface area (Å²) in [4.78, 5) is 55.7. The number of methoxy groups -OCH3 is 3. The van der Waals surface area contributed by atoms with Gasteiger partial charge in [-0.15, -0.1) is 0 Å². The molecule has 3 N–H and O–H groups in total. The van der Waals surface area contributed by atoms with Crippen LogP contribution in [0.15, 0.2) is 140 Å². The van der Waals surface area contributed by atoms with Crippen LogP contribution in [0, 0.1) is 11.3 Å². The molecular formula is C68H80N4O10Si. The van der Waals surface area contributed by atoms with Gasteiger partial charge in [0.25, 0.3) is 8.32 Å². The van der Waals surface area contributed by atoms with E-state index in [4.69, 9.17) is 23.4 Å². The van der Waals surface area contributed by atoms with Gasteiger partial charge in [0, 0.05) is 90.4 Å². The topological polar surface area (TPSA) is 163 Å². The van der Waals surface area contributed by atoms with E-state index in [0.29, 0.717) is 101 Å². The lowest BCUT2D eigenvalue weighted by Gasteiger charge is -2.65. The predicted octanol–water partition coefficient (Wildman–Crippen LogP) is 8.12. The number of nitrogens with zero attached hydrogens (tertiary/aromatic N) is 3. The van der Waals surface area contributed by atoms with Crippen molar-refractivity contribution in [2.45, 2.75) is 125 Å². The maximum absolute atomic E-state index is 15.8. The first kappa shape index (κ1) is 56.9. The van der Waals surface area contributed by atoms with Crippen LogP contribution in [-0.4, -0.2) is 142 Å². The van der Waals surface area contributed by atoms with Gasteiger partial charge in [-0.25, -0.2) is 4.79 Å². The lowest BCUT2D eigenvalue weighted by atomic mass is 9.47. The number of aliphatic hydroxyl groups is 2. The number of anilines is 1. The number of unbranched alkanes of at least 4 members (excludes halogenated alkanes) is 1. The summed E-state index contributed by atoms with van der Waals surface area (Å²) in [7, 11) is 2.84. The number of carbonyl (C=O) groups excluding carboxylic acids is 3. The number of nitrogens with one attached hydrogen (secondary N) is 1. The SMILES string of the molecule is CC[C@]1(O)C[C@@H]2CN(CCc3c([nH]c4ccccc34)[C@@](C(=O)OC)(c3cc4c(cc3OC)N(C)C3[C@]45CCN4CC=C[C@@](CC)([C@@H](O[Si](CCCCC(=O)OCc6ccccc6)(c6ccccc6)c6ccccc6)[C@]3(O)C(=O)OC)[C@H]45)C2)C1. The normalized spacial score (nSPS) is 29.8. The van der Waals surface area contributed by atoms with Gasteiger partial charge in [-0.1, -0.05) is 142 Å². The Balaban J connectivity index is 1.04. The zero-order valence-electron chi connectivity index (χ0n) is 48.9. The van der Waals surface area contributed by atoms with Crippen LogP contribution in [0.5, 0.6) is 5.75 Å². The Morgan fingerprint density at radius 1 is 0.771 bits per heavy atom. The van der Waals surface area contributed by atoms with Crippen LogP contribution in [0.1, 0.15) is 93.2 Å². The summed E-state index contributed by atoms with van der Waals surface area (Å²) in [5.74, 6) is -1.16. The summed E-state index contributed by atoms with van der Waals surface area (Å²) in [5.41, 5.74) is -0.763. The number of H-pyrrole nitrogens is 1. The van der Waals surface area contributed by atoms with Crippen LogP contribution in [0.25, 0.3) is 10.9 Å². The molecule has 1 aromatic heterocycles. The number of esters is 3. The number of rotatable bonds is 17. The van der Waals surface area contributed by atoms with Crippen LogP contribution in [0.3, 0.4) is 0 Å². The molecule has 2 saturated heterocycles. The molecule has 15 heteroatoms. The van der Waals surface area contributed by atoms with Crippen LogP contribution >= 0.6 is 0 Å². The number of benzene rings is 5. The quantitative estimate of drug-likeness (QED) is 0.0264. The highest BCUT2D eigenvalue weighted by atomic mass is 28.4. The van der Waals surface area contributed by atoms with Crippen LogP contribution < -0.4 is 20.0 Å². The molecule has 83 heavy (non-hydrogen) atoms. The van der Waals surface area contributed by atoms with Crippen LogP contribution in [0.2, 0.25) is 6.04 Å². The monoisotopic (exact) mass is 1140 g/mol. The standard InChI is InChI=1S/C68H80N4O10Si/c1-7-64(76)41-47-42-67(62(74)79-5,58-51(32-36-71(43-47)45-64)50-29-18-19-30-54(50)69-58)53-39-52-55(40-56(53)78-4)70(3)60-66(52)34-37-72-35-22-33-65(8-2,59(66)72)61(68(60,77)63(75)80-6)82-83(48-25-14-10-15-26-48,49-27-16-11-17-28-49)38-21-20-31-57(73)81-44-46-23-12-9-13-24-46/h9-19,22-30,33,39-40,47,59-61,69,76-77H,7-8,20-21,31-32,34-38,41-45H2,1-6H3/t47-,59-,60?,61+,64-,65+,66+,67-,68-/m0/s1. The number of fused-ring (bicyclic) bond motifs is 6. The molecule has 6 aromatic rings. The van der Waals surface area contributed by atoms with Crippen molar-refractivity contribution in [3.63, 3.8) is 0 Å². The molecule has 1 aliphatic carbocycles. The molecule has 0 radical (unpaired) electrons. The van der Waals surface area contributed by atoms with E-state index in [1.165, 1.54) is 14.2 Å². The molecule has 0 amide bonds. The van der Waals surface area contributed by atoms with Crippen LogP contribution in [-0.2, 0) is 56.9 Å². The smallest absolute Gasteiger partial charge is 0.342 e. The number of para-hydroxylation sites is 1. The lowest BCUT2D eigenvalue weighted by molar-refractivity contribution is -0.213. The fraction of sp³-hybridized carbons (Fsp3) is 0.456. The molecule has 1 saturated carbocycles. The first-order chi connectivity index (χ1) is 40.2. The summed E-state index contributed by atoms with van der Waals surface area (Å²) >= 11 is 0. The Kier molecular flexibility index (Phi) is 15.1. The minimum atomic E-state index is -3.58. The van der Waals surface area contributed by atoms with Gasteiger partial charge in [-0.2, -0.15) is 0 Å². The number of hydrogen-bond acceptors (Lipinski definition) is 13. The first-order valence-corrected chi connectivity index (χ1v) is 32.1. The van der Waals surface area contributed by atoms with Gasteiger partial charge in [0.15, 0.2) is 0 Å². The Labute approximate surface area is 488 Å². The van der Waals surface area contributed by atoms with Gasteiger partial charge in [0.2, 0.25) is 5.60 Å². The van der Waals surface area contributed by atoms with Gasteiger partial charge >= 0.3 is 17.9 Å². The third kappa shape index (κ3) is 8.92. The number of ether oxygens (including phenoxy) is 4. The van der Waals surface area contributed by atoms with E-state index in [1.54, 1.807) is 7.11 Å². The van der Waals surface area contributed by atoms with Crippen molar-refractivity contribution in [3.8, 4) is 5.75 Å². The Bertz CT molecular complexity index is 3380. The summed E-state index contributed by atoms with van der Waals surface area (Å²) in [6, 6.07) is 41.9. The number of aromatic nitrogens is 1. The maximum Gasteiger partial charge on any atom is 0.342 e. The maximum atomic E-state index is 15.8. The number of hydrogen-bond donors (Lipinski definition) is 3. The number of likely N-dealkylation sites (N-methyl/N-ethyl adjacent to an activating group) is 1. The molecule has 6 aliphatic rings. The largest absolute Gasteiger partial charge is 0.496 e. The molecule has 5 aliphatic heterocycles. The van der Waals surface area contributed by atoms with E-state index in [2.05, 4.69) is 81.2 Å². The summed E-state index contributed by atoms with van der Waals surface area (Å²) < 4.78 is 32.7. The molecule has 2 bridgehead atoms. The van der Waals surface area contributed by atoms with Crippen LogP contribution in [0.4, 0.5) is 5.69 Å². The predicted molar refractivity (Wildman–Crippen MR) is 323 cm³/mol. The van der Waals surface area contributed by atoms with E-state index in [1.807, 2.05) is 98.9 Å². The highest BCUT2D eigenvalue weighted by Gasteiger charge is 2.80. The molecule has 2 unspecified atom stereocenters. The Hall–Kier alpha value is -6.59. The molecule has 14 nitrogen and oxygen atoms in total. The second-order valence-electron chi connectivity index (χ2n) is 24.6. The summed E-state index contributed by atoms with van der Waals surface area (Å²) in [5, 5.41) is 30.0. The van der Waals surface area contributed by atoms with Gasteiger partial charge < -0.3 is 43.5 Å². The van der Waals surface area contributed by atoms with Crippen molar-refractivity contribution in [1.82, 2.24) is 14.8 Å². The van der Waals surface area contributed by atoms with Gasteiger partial charge in [-0.05, 0) is 103 Å². The fourth-order valence-electron chi connectivity index (χ4n) is 17.1. The molecular weight excluding hydrogens is 1060 g/mol. The second kappa shape index (κ2) is 22.1. The van der Waals surface area contributed by atoms with Gasteiger partial charge in [0.1, 0.15) is 17.8 Å². The average Bonchev–Trinajstić information content (AvgIpc) is 1.77. The molecule has 6 heterocycles. The van der Waals surface area contributed by atoms with Crippen molar-refractivity contribution < 1.29 is 48.0 Å². The third-order valence-corrected chi connectivity index (χ3v) is 24.7. The molecule has 5 aromatic carbocycles. The number of piperidine rings is 1. The zero-order valence-corrected chi connectivity index (χ0v) is 49.9. The van der Waals surface area contributed by atoms with E-state index < -0.39 is 59.8 Å². The van der Waals surface area contributed by atoms with Crippen molar-refractivity contribution in [3.05, 3.63) is 167 Å². The van der Waals surface area contributed by atoms with E-state index in [9.17, 15) is 15.0 Å². The molecule has 12 rings (SSSR count). The molecule has 3 fully saturated rings. The summed E-state index contributed by atoms with van der Waals surface area (Å²) in [6.07, 6.45) is 7.71. The first-order valence-electron chi connectivity index (χ1n) is 30.0. The van der Waals surface area contributed by atoms with Crippen molar-refractivity contribution in [1.29, 1.82) is 0 Å². The lowest BCUT2D eigenvalue weighted by Crippen LogP contribution is -2.83. The molecule has 10 atom stereocenters. The van der Waals surface area contributed by atoms with Crippen molar-refractivity contribution >= 4 is 53.2 Å². The minimum Gasteiger partial charge on any atom is -0.496 e. The number of aromatic amines is 1. The highest BCUT2D eigenvalue weighted by Crippen LogP contribution is 2.68. The van der Waals surface area contributed by atoms with E-state index in [0.717, 1.165) is 49.3 Å². The number of carbonyl (C=O) groups is 3. The summed E-state index contributed by atoms with van der Waals surface area (Å²) in [6.45, 7) is 7.63. The average molecular weight is 1140 g/mol. The Morgan fingerprint density at radius 3 is 2.13 bits per heavy atom. The highest BCUT2D eigenvalue weighted by molar-refractivity contribution is 6.97. The van der Waals surface area contributed by atoms with E-state index >= 15 is 9.59 Å². The van der Waals surface area contributed by atoms with Gasteiger partial charge in [0.05, 0.1) is 39.1 Å². The van der Waals surface area contributed by atoms with Crippen molar-refractivity contribution in [2.75, 3.05) is 66.0 Å². The molecule has 436 valence electrons. The fourth-order valence-corrected chi connectivity index (χ4v) is 21.4. The van der Waals surface area contributed by atoms with Crippen molar-refractivity contribution in [2.24, 2.45) is 11.3 Å². The molecule has 1 spiro atoms. The zero-order chi connectivity index (χ0) is 57.9. The second-order valence-corrected chi connectivity index (χ2v) is 28.2. The minimum absolute atomic E-state index is 0.126. The van der Waals surface area contributed by atoms with Gasteiger partial charge in [-0.3, -0.25) is 19.4 Å². The Morgan fingerprint density at radius 2 is 1.46 bits per heavy atom. The van der Waals surface area contributed by atoms with E-state index in [-0.39, 0.29) is 31.0 Å². The third-order valence-electron chi connectivity index (χ3n) is 20.5.